The predicted octanol–water partition coefficient (Wildman–Crippen LogP) is 4.84. The largest absolute Gasteiger partial charge is 0.435 e. The minimum atomic E-state index is -4.55. The Hall–Kier alpha value is -2.35. The monoisotopic (exact) mass is 381 g/mol. The molecule has 0 saturated carbocycles. The van der Waals surface area contributed by atoms with Gasteiger partial charge in [-0.2, -0.15) is 18.3 Å². The lowest BCUT2D eigenvalue weighted by atomic mass is 10.0. The van der Waals surface area contributed by atoms with Crippen LogP contribution in [0.15, 0.2) is 30.3 Å². The van der Waals surface area contributed by atoms with Crippen molar-refractivity contribution in [2.45, 2.75) is 32.5 Å². The van der Waals surface area contributed by atoms with E-state index in [1.807, 2.05) is 38.1 Å². The molecule has 0 bridgehead atoms. The molecule has 3 rings (SSSR count). The van der Waals surface area contributed by atoms with Crippen LogP contribution in [-0.2, 0) is 13.2 Å². The van der Waals surface area contributed by atoms with Crippen molar-refractivity contribution < 1.29 is 18.0 Å². The van der Waals surface area contributed by atoms with Crippen molar-refractivity contribution in [3.05, 3.63) is 52.0 Å². The molecule has 3 aromatic rings. The van der Waals surface area contributed by atoms with Gasteiger partial charge in [-0.15, -0.1) is 11.3 Å². The minimum absolute atomic E-state index is 0.0430. The van der Waals surface area contributed by atoms with Crippen LogP contribution >= 0.6 is 11.3 Å². The molecule has 1 N–H and O–H groups in total. The van der Waals surface area contributed by atoms with Crippen LogP contribution in [-0.4, -0.2) is 15.7 Å². The van der Waals surface area contributed by atoms with E-state index in [0.717, 1.165) is 27.1 Å². The Morgan fingerprint density at radius 2 is 1.96 bits per heavy atom. The summed E-state index contributed by atoms with van der Waals surface area (Å²) in [6, 6.07) is 8.89. The second-order valence-corrected chi connectivity index (χ2v) is 7.18. The molecule has 0 spiro atoms. The lowest BCUT2D eigenvalue weighted by Crippen LogP contribution is -2.27. The number of halogens is 3. The second-order valence-electron chi connectivity index (χ2n) is 6.14. The summed E-state index contributed by atoms with van der Waals surface area (Å²) < 4.78 is 40.4. The van der Waals surface area contributed by atoms with Gasteiger partial charge < -0.3 is 5.32 Å². The van der Waals surface area contributed by atoms with Crippen molar-refractivity contribution in [2.75, 3.05) is 0 Å². The van der Waals surface area contributed by atoms with E-state index in [-0.39, 0.29) is 22.2 Å². The Morgan fingerprint density at radius 3 is 2.54 bits per heavy atom. The first kappa shape index (κ1) is 18.4. The molecule has 0 fully saturated rings. The van der Waals surface area contributed by atoms with Crippen LogP contribution in [0.25, 0.3) is 10.2 Å². The lowest BCUT2D eigenvalue weighted by molar-refractivity contribution is -0.140. The van der Waals surface area contributed by atoms with Gasteiger partial charge in [-0.25, -0.2) is 0 Å². The zero-order chi connectivity index (χ0) is 19.1. The number of carbonyl (C=O) groups excluding carboxylic acids is 1. The summed E-state index contributed by atoms with van der Waals surface area (Å²) in [5, 5.41) is 6.39. The Bertz CT molecular complexity index is 941. The maximum Gasteiger partial charge on any atom is 0.435 e. The Labute approximate surface area is 152 Å². The van der Waals surface area contributed by atoms with Gasteiger partial charge in [-0.1, -0.05) is 36.8 Å². The van der Waals surface area contributed by atoms with Gasteiger partial charge in [0.1, 0.15) is 4.83 Å². The van der Waals surface area contributed by atoms with E-state index < -0.39 is 11.9 Å². The SMILES string of the molecule is CC[C@H](NC(=O)c1cc2c(C(F)(F)F)nn(C)c2s1)c1ccc(C)cc1. The summed E-state index contributed by atoms with van der Waals surface area (Å²) in [6.45, 7) is 3.92. The van der Waals surface area contributed by atoms with Crippen LogP contribution in [0.4, 0.5) is 13.2 Å². The minimum Gasteiger partial charge on any atom is -0.345 e. The fraction of sp³-hybridized carbons (Fsp3) is 0.333. The van der Waals surface area contributed by atoms with Crippen molar-refractivity contribution in [2.24, 2.45) is 7.05 Å². The molecule has 1 amide bonds. The van der Waals surface area contributed by atoms with Gasteiger partial charge >= 0.3 is 6.18 Å². The third-order valence-corrected chi connectivity index (χ3v) is 5.40. The number of thiophene rings is 1. The fourth-order valence-electron chi connectivity index (χ4n) is 2.81. The van der Waals surface area contributed by atoms with Crippen molar-refractivity contribution in [1.29, 1.82) is 0 Å². The average Bonchev–Trinajstić information content (AvgIpc) is 3.13. The van der Waals surface area contributed by atoms with E-state index in [0.29, 0.717) is 11.3 Å². The molecule has 138 valence electrons. The topological polar surface area (TPSA) is 46.9 Å². The number of nitrogens with one attached hydrogen (secondary N) is 1. The highest BCUT2D eigenvalue weighted by molar-refractivity contribution is 7.20. The van der Waals surface area contributed by atoms with E-state index in [1.54, 1.807) is 0 Å². The maximum atomic E-state index is 13.1. The van der Waals surface area contributed by atoms with E-state index >= 15 is 0 Å². The number of amides is 1. The molecule has 0 unspecified atom stereocenters. The quantitative estimate of drug-likeness (QED) is 0.703. The molecule has 0 saturated heterocycles. The molecule has 0 radical (unpaired) electrons. The number of nitrogens with zero attached hydrogens (tertiary/aromatic N) is 2. The molecule has 1 aromatic carbocycles. The number of fused-ring (bicyclic) bond motifs is 1. The molecule has 0 aliphatic carbocycles. The Morgan fingerprint density at radius 1 is 1.31 bits per heavy atom. The van der Waals surface area contributed by atoms with Crippen molar-refractivity contribution in [1.82, 2.24) is 15.1 Å². The summed E-state index contributed by atoms with van der Waals surface area (Å²) in [5.74, 6) is -0.383. The van der Waals surface area contributed by atoms with Gasteiger partial charge in [0.05, 0.1) is 10.9 Å². The summed E-state index contributed by atoms with van der Waals surface area (Å²) in [5.41, 5.74) is 1.12. The Balaban J connectivity index is 1.88. The number of hydrogen-bond donors (Lipinski definition) is 1. The van der Waals surface area contributed by atoms with E-state index in [2.05, 4.69) is 10.4 Å². The molecule has 2 aromatic heterocycles. The normalized spacial score (nSPS) is 13.2. The highest BCUT2D eigenvalue weighted by Gasteiger charge is 2.37. The molecular weight excluding hydrogens is 363 g/mol. The van der Waals surface area contributed by atoms with Crippen LogP contribution < -0.4 is 5.32 Å². The molecule has 2 heterocycles. The highest BCUT2D eigenvalue weighted by Crippen LogP contribution is 2.37. The first-order valence-corrected chi connectivity index (χ1v) is 8.93. The van der Waals surface area contributed by atoms with Gasteiger partial charge in [0, 0.05) is 12.4 Å². The molecule has 0 aliphatic rings. The highest BCUT2D eigenvalue weighted by atomic mass is 32.1. The van der Waals surface area contributed by atoms with Gasteiger partial charge in [0.2, 0.25) is 0 Å². The number of aryl methyl sites for hydroxylation is 2. The molecule has 1 atom stereocenters. The van der Waals surface area contributed by atoms with E-state index in [9.17, 15) is 18.0 Å². The Kier molecular flexibility index (Phi) is 4.79. The second kappa shape index (κ2) is 6.75. The van der Waals surface area contributed by atoms with Crippen molar-refractivity contribution in [3.63, 3.8) is 0 Å². The van der Waals surface area contributed by atoms with Crippen LogP contribution in [0, 0.1) is 6.92 Å². The first-order valence-electron chi connectivity index (χ1n) is 8.12. The molecule has 4 nitrogen and oxygen atoms in total. The number of alkyl halides is 3. The van der Waals surface area contributed by atoms with Crippen LogP contribution in [0.5, 0.6) is 0 Å². The van der Waals surface area contributed by atoms with Crippen LogP contribution in [0.1, 0.15) is 45.9 Å². The zero-order valence-corrected chi connectivity index (χ0v) is 15.3. The first-order chi connectivity index (χ1) is 12.2. The van der Waals surface area contributed by atoms with Crippen molar-refractivity contribution >= 4 is 27.5 Å². The third-order valence-electron chi connectivity index (χ3n) is 4.20. The van der Waals surface area contributed by atoms with Crippen LogP contribution in [0.2, 0.25) is 0 Å². The zero-order valence-electron chi connectivity index (χ0n) is 14.5. The van der Waals surface area contributed by atoms with Gasteiger partial charge in [0.15, 0.2) is 5.69 Å². The smallest absolute Gasteiger partial charge is 0.345 e. The lowest BCUT2D eigenvalue weighted by Gasteiger charge is -2.17. The molecular formula is C18H18F3N3OS. The number of hydrogen-bond acceptors (Lipinski definition) is 3. The standard InChI is InChI=1S/C18H18F3N3OS/c1-4-13(11-7-5-10(2)6-8-11)22-16(25)14-9-12-15(18(19,20)21)23-24(3)17(12)26-14/h5-9,13H,4H2,1-3H3,(H,22,25)/t13-/m0/s1. The van der Waals surface area contributed by atoms with E-state index in [4.69, 9.17) is 0 Å². The summed E-state index contributed by atoms with van der Waals surface area (Å²) in [7, 11) is 1.44. The summed E-state index contributed by atoms with van der Waals surface area (Å²) >= 11 is 1.01. The summed E-state index contributed by atoms with van der Waals surface area (Å²) in [4.78, 5) is 13.1. The molecule has 8 heteroatoms. The van der Waals surface area contributed by atoms with Gasteiger partial charge in [0.25, 0.3) is 5.91 Å². The fourth-order valence-corrected chi connectivity index (χ4v) is 3.79. The van der Waals surface area contributed by atoms with E-state index in [1.165, 1.54) is 13.1 Å². The number of rotatable bonds is 4. The number of aromatic nitrogens is 2. The van der Waals surface area contributed by atoms with Gasteiger partial charge in [-0.05, 0) is 25.0 Å². The number of benzene rings is 1. The van der Waals surface area contributed by atoms with Gasteiger partial charge in [-0.3, -0.25) is 9.48 Å². The molecule has 26 heavy (non-hydrogen) atoms. The third kappa shape index (κ3) is 3.46. The average molecular weight is 381 g/mol. The summed E-state index contributed by atoms with van der Waals surface area (Å²) in [6.07, 6.45) is -3.88. The van der Waals surface area contributed by atoms with Crippen LogP contribution in [0.3, 0.4) is 0 Å². The predicted molar refractivity (Wildman–Crippen MR) is 95.3 cm³/mol. The van der Waals surface area contributed by atoms with Crippen molar-refractivity contribution in [3.8, 4) is 0 Å². The molecule has 0 aliphatic heterocycles. The number of carbonyl (C=O) groups is 1. The maximum absolute atomic E-state index is 13.1.